The molecule has 0 saturated heterocycles. The molecule has 0 spiro atoms. The van der Waals surface area contributed by atoms with E-state index in [1.165, 1.54) is 0 Å². The molecule has 2 aliphatic heterocycles. The van der Waals surface area contributed by atoms with Gasteiger partial charge >= 0.3 is 0 Å². The van der Waals surface area contributed by atoms with Crippen LogP contribution in [-0.2, 0) is 10.2 Å². The SMILES string of the molecule is C=CC1Nc2cc3c(cc2N1)C(C)(C)C(=O)N3. The van der Waals surface area contributed by atoms with Crippen LogP contribution in [-0.4, -0.2) is 12.1 Å². The Hall–Kier alpha value is -1.97. The van der Waals surface area contributed by atoms with Gasteiger partial charge in [-0.1, -0.05) is 6.58 Å². The highest BCUT2D eigenvalue weighted by atomic mass is 16.2. The zero-order valence-electron chi connectivity index (χ0n) is 9.92. The minimum Gasteiger partial charge on any atom is -0.360 e. The van der Waals surface area contributed by atoms with Crippen LogP contribution in [0.15, 0.2) is 24.8 Å². The maximum absolute atomic E-state index is 11.8. The fourth-order valence-electron chi connectivity index (χ4n) is 2.35. The number of hydrogen-bond donors (Lipinski definition) is 3. The van der Waals surface area contributed by atoms with E-state index in [1.54, 1.807) is 0 Å². The maximum Gasteiger partial charge on any atom is 0.234 e. The first-order valence-electron chi connectivity index (χ1n) is 5.68. The van der Waals surface area contributed by atoms with Gasteiger partial charge in [-0.25, -0.2) is 0 Å². The van der Waals surface area contributed by atoms with E-state index in [0.717, 1.165) is 22.6 Å². The normalized spacial score (nSPS) is 23.2. The van der Waals surface area contributed by atoms with Gasteiger partial charge in [0.05, 0.1) is 16.8 Å². The van der Waals surface area contributed by atoms with E-state index in [4.69, 9.17) is 0 Å². The lowest BCUT2D eigenvalue weighted by Crippen LogP contribution is -2.26. The molecule has 0 aromatic heterocycles. The molecule has 1 atom stereocenters. The molecule has 0 fully saturated rings. The van der Waals surface area contributed by atoms with Gasteiger partial charge in [-0.05, 0) is 37.6 Å². The smallest absolute Gasteiger partial charge is 0.234 e. The van der Waals surface area contributed by atoms with Crippen LogP contribution in [0.3, 0.4) is 0 Å². The summed E-state index contributed by atoms with van der Waals surface area (Å²) in [6.07, 6.45) is 1.88. The highest BCUT2D eigenvalue weighted by Crippen LogP contribution is 2.43. The van der Waals surface area contributed by atoms with Crippen molar-refractivity contribution in [1.82, 2.24) is 0 Å². The first-order chi connectivity index (χ1) is 8.02. The van der Waals surface area contributed by atoms with Crippen molar-refractivity contribution in [1.29, 1.82) is 0 Å². The van der Waals surface area contributed by atoms with Crippen molar-refractivity contribution in [2.24, 2.45) is 0 Å². The number of fused-ring (bicyclic) bond motifs is 2. The number of nitrogens with one attached hydrogen (secondary N) is 3. The quantitative estimate of drug-likeness (QED) is 0.647. The number of carbonyl (C=O) groups excluding carboxylic acids is 1. The van der Waals surface area contributed by atoms with Gasteiger partial charge in [0.15, 0.2) is 0 Å². The lowest BCUT2D eigenvalue weighted by molar-refractivity contribution is -0.119. The Morgan fingerprint density at radius 1 is 1.24 bits per heavy atom. The van der Waals surface area contributed by atoms with Crippen molar-refractivity contribution in [3.63, 3.8) is 0 Å². The largest absolute Gasteiger partial charge is 0.360 e. The summed E-state index contributed by atoms with van der Waals surface area (Å²) >= 11 is 0. The third-order valence-electron chi connectivity index (χ3n) is 3.50. The van der Waals surface area contributed by atoms with Gasteiger partial charge in [-0.15, -0.1) is 0 Å². The van der Waals surface area contributed by atoms with Crippen molar-refractivity contribution in [2.45, 2.75) is 25.4 Å². The van der Waals surface area contributed by atoms with Crippen molar-refractivity contribution in [3.05, 3.63) is 30.4 Å². The molecule has 0 bridgehead atoms. The second-order valence-electron chi connectivity index (χ2n) is 5.02. The average molecular weight is 229 g/mol. The molecule has 2 aliphatic rings. The average Bonchev–Trinajstić information content (AvgIpc) is 2.77. The summed E-state index contributed by atoms with van der Waals surface area (Å²) in [4.78, 5) is 11.8. The Kier molecular flexibility index (Phi) is 1.82. The maximum atomic E-state index is 11.8. The van der Waals surface area contributed by atoms with Gasteiger partial charge in [0.25, 0.3) is 0 Å². The molecule has 1 aromatic carbocycles. The predicted molar refractivity (Wildman–Crippen MR) is 69.3 cm³/mol. The summed E-state index contributed by atoms with van der Waals surface area (Å²) < 4.78 is 0. The molecule has 0 saturated carbocycles. The molecule has 88 valence electrons. The van der Waals surface area contributed by atoms with Gasteiger partial charge < -0.3 is 16.0 Å². The summed E-state index contributed by atoms with van der Waals surface area (Å²) in [5.41, 5.74) is 3.51. The molecule has 0 aliphatic carbocycles. The number of anilines is 3. The van der Waals surface area contributed by atoms with Gasteiger partial charge in [-0.2, -0.15) is 0 Å². The minimum absolute atomic E-state index is 0.0523. The van der Waals surface area contributed by atoms with Crippen molar-refractivity contribution >= 4 is 23.0 Å². The highest BCUT2D eigenvalue weighted by Gasteiger charge is 2.39. The molecule has 1 unspecified atom stereocenters. The summed E-state index contributed by atoms with van der Waals surface area (Å²) in [5, 5.41) is 9.49. The third-order valence-corrected chi connectivity index (χ3v) is 3.50. The van der Waals surface area contributed by atoms with Crippen LogP contribution in [0.2, 0.25) is 0 Å². The predicted octanol–water partition coefficient (Wildman–Crippen LogP) is 2.27. The van der Waals surface area contributed by atoms with Gasteiger partial charge in [0, 0.05) is 5.69 Å². The summed E-state index contributed by atoms with van der Waals surface area (Å²) in [7, 11) is 0. The van der Waals surface area contributed by atoms with Crippen LogP contribution in [0.5, 0.6) is 0 Å². The van der Waals surface area contributed by atoms with Crippen molar-refractivity contribution in [3.8, 4) is 0 Å². The van der Waals surface area contributed by atoms with Crippen LogP contribution in [0.25, 0.3) is 0 Å². The number of carbonyl (C=O) groups is 1. The second-order valence-corrected chi connectivity index (χ2v) is 5.02. The number of rotatable bonds is 1. The Bertz CT molecular complexity index is 534. The Morgan fingerprint density at radius 2 is 1.88 bits per heavy atom. The monoisotopic (exact) mass is 229 g/mol. The first-order valence-corrected chi connectivity index (χ1v) is 5.68. The van der Waals surface area contributed by atoms with Gasteiger partial charge in [0.2, 0.25) is 5.91 Å². The molecular weight excluding hydrogens is 214 g/mol. The van der Waals surface area contributed by atoms with E-state index in [1.807, 2.05) is 32.1 Å². The zero-order valence-corrected chi connectivity index (χ0v) is 9.92. The molecule has 1 aromatic rings. The van der Waals surface area contributed by atoms with E-state index in [0.29, 0.717) is 0 Å². The standard InChI is InChI=1S/C13H15N3O/c1-4-11-14-9-5-7-8(6-10(9)15-11)16-12(17)13(7,2)3/h4-6,11,14-15H,1H2,2-3H3,(H,16,17). The molecular formula is C13H15N3O. The van der Waals surface area contributed by atoms with E-state index >= 15 is 0 Å². The first kappa shape index (κ1) is 10.2. The summed E-state index contributed by atoms with van der Waals surface area (Å²) in [6, 6.07) is 4.02. The highest BCUT2D eigenvalue weighted by molar-refractivity contribution is 6.07. The lowest BCUT2D eigenvalue weighted by Gasteiger charge is -2.15. The Balaban J connectivity index is 2.10. The van der Waals surface area contributed by atoms with Crippen LogP contribution in [0.1, 0.15) is 19.4 Å². The number of amides is 1. The lowest BCUT2D eigenvalue weighted by atomic mass is 9.86. The Morgan fingerprint density at radius 3 is 2.53 bits per heavy atom. The topological polar surface area (TPSA) is 53.2 Å². The molecule has 1 amide bonds. The fraction of sp³-hybridized carbons (Fsp3) is 0.308. The van der Waals surface area contributed by atoms with Crippen LogP contribution in [0, 0.1) is 0 Å². The molecule has 0 radical (unpaired) electrons. The molecule has 2 heterocycles. The van der Waals surface area contributed by atoms with E-state index in [-0.39, 0.29) is 12.1 Å². The molecule has 17 heavy (non-hydrogen) atoms. The van der Waals surface area contributed by atoms with Crippen molar-refractivity contribution in [2.75, 3.05) is 16.0 Å². The second kappa shape index (κ2) is 3.03. The van der Waals surface area contributed by atoms with E-state index < -0.39 is 5.41 Å². The number of hydrogen-bond acceptors (Lipinski definition) is 3. The van der Waals surface area contributed by atoms with Crippen LogP contribution < -0.4 is 16.0 Å². The van der Waals surface area contributed by atoms with Gasteiger partial charge in [-0.3, -0.25) is 4.79 Å². The Labute approximate surface area is 100 Å². The zero-order chi connectivity index (χ0) is 12.2. The van der Waals surface area contributed by atoms with Gasteiger partial charge in [0.1, 0.15) is 6.17 Å². The molecule has 3 rings (SSSR count). The molecule has 3 N–H and O–H groups in total. The van der Waals surface area contributed by atoms with Crippen LogP contribution in [0.4, 0.5) is 17.1 Å². The van der Waals surface area contributed by atoms with E-state index in [2.05, 4.69) is 22.5 Å². The minimum atomic E-state index is -0.460. The van der Waals surface area contributed by atoms with E-state index in [9.17, 15) is 4.79 Å². The summed E-state index contributed by atoms with van der Waals surface area (Å²) in [6.45, 7) is 7.63. The van der Waals surface area contributed by atoms with Crippen molar-refractivity contribution < 1.29 is 4.79 Å². The fourth-order valence-corrected chi connectivity index (χ4v) is 2.35. The van der Waals surface area contributed by atoms with Crippen LogP contribution >= 0.6 is 0 Å². The summed E-state index contributed by atoms with van der Waals surface area (Å²) in [5.74, 6) is 0.0523. The molecule has 4 nitrogen and oxygen atoms in total. The third kappa shape index (κ3) is 1.27. The molecule has 4 heteroatoms. The number of benzene rings is 1.